The Labute approximate surface area is 121 Å². The highest BCUT2D eigenvalue weighted by molar-refractivity contribution is 5.89. The van der Waals surface area contributed by atoms with Gasteiger partial charge in [-0.15, -0.1) is 0 Å². The molecule has 0 spiro atoms. The first-order chi connectivity index (χ1) is 9.43. The first-order valence-electron chi connectivity index (χ1n) is 6.97. The average molecular weight is 279 g/mol. The van der Waals surface area contributed by atoms with E-state index >= 15 is 0 Å². The Morgan fingerprint density at radius 1 is 1.25 bits per heavy atom. The van der Waals surface area contributed by atoms with E-state index in [1.54, 1.807) is 17.3 Å². The zero-order chi connectivity index (χ0) is 15.1. The van der Waals surface area contributed by atoms with E-state index in [0.29, 0.717) is 12.2 Å². The first-order valence-corrected chi connectivity index (χ1v) is 6.97. The van der Waals surface area contributed by atoms with E-state index < -0.39 is 0 Å². The molecule has 0 aliphatic rings. The maximum Gasteiger partial charge on any atom is 0.322 e. The second-order valence-corrected chi connectivity index (χ2v) is 5.26. The van der Waals surface area contributed by atoms with Crippen LogP contribution >= 0.6 is 0 Å². The third kappa shape index (κ3) is 5.13. The Morgan fingerprint density at radius 3 is 2.30 bits per heavy atom. The molecule has 0 saturated carbocycles. The number of rotatable bonds is 6. The van der Waals surface area contributed by atoms with Crippen molar-refractivity contribution in [3.63, 3.8) is 0 Å². The molecule has 20 heavy (non-hydrogen) atoms. The van der Waals surface area contributed by atoms with Crippen LogP contribution in [0.25, 0.3) is 0 Å². The number of hydrogen-bond acceptors (Lipinski definition) is 4. The lowest BCUT2D eigenvalue weighted by Gasteiger charge is -2.28. The molecule has 0 aliphatic heterocycles. The zero-order valence-corrected chi connectivity index (χ0v) is 13.1. The maximum atomic E-state index is 12.3. The maximum absolute atomic E-state index is 12.3. The van der Waals surface area contributed by atoms with Gasteiger partial charge in [0.1, 0.15) is 5.82 Å². The van der Waals surface area contributed by atoms with Crippen LogP contribution in [0.5, 0.6) is 0 Å². The van der Waals surface area contributed by atoms with Crippen LogP contribution in [0.15, 0.2) is 12.4 Å². The molecule has 2 amide bonds. The Bertz CT molecular complexity index is 416. The van der Waals surface area contributed by atoms with Gasteiger partial charge in [-0.2, -0.15) is 0 Å². The largest absolute Gasteiger partial charge is 0.322 e. The molecular formula is C14H25N5O. The van der Waals surface area contributed by atoms with Crippen LogP contribution in [0.4, 0.5) is 10.5 Å². The molecule has 0 unspecified atom stereocenters. The minimum Gasteiger partial charge on any atom is -0.321 e. The molecule has 0 aromatic carbocycles. The first kappa shape index (κ1) is 16.4. The van der Waals surface area contributed by atoms with Gasteiger partial charge in [0.15, 0.2) is 0 Å². The molecule has 0 radical (unpaired) electrons. The van der Waals surface area contributed by atoms with Crippen LogP contribution in [0.2, 0.25) is 0 Å². The van der Waals surface area contributed by atoms with Crippen molar-refractivity contribution in [1.29, 1.82) is 0 Å². The summed E-state index contributed by atoms with van der Waals surface area (Å²) in [6.07, 6.45) is 4.08. The summed E-state index contributed by atoms with van der Waals surface area (Å²) in [6.45, 7) is 7.52. The normalized spacial score (nSPS) is 10.9. The SMILES string of the molecule is CCc1ncc(NC(=O)N(CCN(C)C)C(C)C)cn1. The second-order valence-electron chi connectivity index (χ2n) is 5.26. The molecule has 1 aromatic heterocycles. The monoisotopic (exact) mass is 279 g/mol. The second kappa shape index (κ2) is 7.79. The van der Waals surface area contributed by atoms with Crippen molar-refractivity contribution < 1.29 is 4.79 Å². The van der Waals surface area contributed by atoms with Gasteiger partial charge >= 0.3 is 6.03 Å². The molecule has 1 N–H and O–H groups in total. The third-order valence-electron chi connectivity index (χ3n) is 2.95. The van der Waals surface area contributed by atoms with Gasteiger partial charge in [-0.1, -0.05) is 6.92 Å². The Hall–Kier alpha value is -1.69. The summed E-state index contributed by atoms with van der Waals surface area (Å²) in [6, 6.07) is 0.0282. The van der Waals surface area contributed by atoms with Gasteiger partial charge in [0, 0.05) is 25.6 Å². The number of urea groups is 1. The summed E-state index contributed by atoms with van der Waals surface area (Å²) in [5.74, 6) is 0.774. The predicted octanol–water partition coefficient (Wildman–Crippen LogP) is 1.84. The summed E-state index contributed by atoms with van der Waals surface area (Å²) < 4.78 is 0. The highest BCUT2D eigenvalue weighted by atomic mass is 16.2. The van der Waals surface area contributed by atoms with Gasteiger partial charge < -0.3 is 15.1 Å². The molecule has 1 heterocycles. The molecule has 1 aromatic rings. The van der Waals surface area contributed by atoms with E-state index in [9.17, 15) is 4.79 Å². The van der Waals surface area contributed by atoms with Crippen molar-refractivity contribution in [1.82, 2.24) is 19.8 Å². The molecule has 0 aliphatic carbocycles. The van der Waals surface area contributed by atoms with Crippen molar-refractivity contribution in [3.8, 4) is 0 Å². The van der Waals surface area contributed by atoms with Crippen molar-refractivity contribution in [3.05, 3.63) is 18.2 Å². The fourth-order valence-electron chi connectivity index (χ4n) is 1.70. The minimum atomic E-state index is -0.116. The Balaban J connectivity index is 2.64. The van der Waals surface area contributed by atoms with Crippen LogP contribution in [-0.2, 0) is 6.42 Å². The van der Waals surface area contributed by atoms with Crippen LogP contribution < -0.4 is 5.32 Å². The molecule has 0 bridgehead atoms. The number of nitrogens with one attached hydrogen (secondary N) is 1. The van der Waals surface area contributed by atoms with Gasteiger partial charge in [0.25, 0.3) is 0 Å². The van der Waals surface area contributed by atoms with Crippen LogP contribution in [0, 0.1) is 0 Å². The smallest absolute Gasteiger partial charge is 0.321 e. The molecule has 0 fully saturated rings. The van der Waals surface area contributed by atoms with E-state index in [-0.39, 0.29) is 12.1 Å². The molecule has 6 heteroatoms. The number of nitrogens with zero attached hydrogens (tertiary/aromatic N) is 4. The number of hydrogen-bond donors (Lipinski definition) is 1. The quantitative estimate of drug-likeness (QED) is 0.863. The summed E-state index contributed by atoms with van der Waals surface area (Å²) in [5.41, 5.74) is 0.628. The topological polar surface area (TPSA) is 61.4 Å². The van der Waals surface area contributed by atoms with Crippen molar-refractivity contribution >= 4 is 11.7 Å². The third-order valence-corrected chi connectivity index (χ3v) is 2.95. The van der Waals surface area contributed by atoms with Crippen molar-refractivity contribution in [2.45, 2.75) is 33.2 Å². The molecule has 6 nitrogen and oxygen atoms in total. The molecule has 112 valence electrons. The lowest BCUT2D eigenvalue weighted by atomic mass is 10.3. The van der Waals surface area contributed by atoms with Crippen LogP contribution in [0.3, 0.4) is 0 Å². The van der Waals surface area contributed by atoms with Crippen LogP contribution in [0.1, 0.15) is 26.6 Å². The van der Waals surface area contributed by atoms with Gasteiger partial charge in [-0.25, -0.2) is 14.8 Å². The zero-order valence-electron chi connectivity index (χ0n) is 13.1. The fraction of sp³-hybridized carbons (Fsp3) is 0.643. The van der Waals surface area contributed by atoms with Gasteiger partial charge in [-0.3, -0.25) is 0 Å². The van der Waals surface area contributed by atoms with Crippen molar-refractivity contribution in [2.75, 3.05) is 32.5 Å². The number of carbonyl (C=O) groups is 1. The highest BCUT2D eigenvalue weighted by Gasteiger charge is 2.17. The Morgan fingerprint density at radius 2 is 1.85 bits per heavy atom. The summed E-state index contributed by atoms with van der Waals surface area (Å²) >= 11 is 0. The highest BCUT2D eigenvalue weighted by Crippen LogP contribution is 2.07. The van der Waals surface area contributed by atoms with Crippen molar-refractivity contribution in [2.24, 2.45) is 0 Å². The minimum absolute atomic E-state index is 0.116. The van der Waals surface area contributed by atoms with Crippen LogP contribution in [-0.4, -0.2) is 59.0 Å². The number of anilines is 1. The van der Waals surface area contributed by atoms with E-state index in [4.69, 9.17) is 0 Å². The standard InChI is InChI=1S/C14H25N5O/c1-6-13-15-9-12(10-16-13)17-14(20)19(11(2)3)8-7-18(4)5/h9-11H,6-8H2,1-5H3,(H,17,20). The van der Waals surface area contributed by atoms with E-state index in [1.807, 2.05) is 34.9 Å². The number of aryl methyl sites for hydroxylation is 1. The molecular weight excluding hydrogens is 254 g/mol. The molecule has 0 atom stereocenters. The Kier molecular flexibility index (Phi) is 6.38. The van der Waals surface area contributed by atoms with Gasteiger partial charge in [0.05, 0.1) is 18.1 Å². The number of aromatic nitrogens is 2. The predicted molar refractivity (Wildman–Crippen MR) is 80.8 cm³/mol. The van der Waals surface area contributed by atoms with Gasteiger partial charge in [-0.05, 0) is 27.9 Å². The summed E-state index contributed by atoms with van der Waals surface area (Å²) in [4.78, 5) is 24.5. The summed E-state index contributed by atoms with van der Waals surface area (Å²) in [5, 5.41) is 2.84. The fourth-order valence-corrected chi connectivity index (χ4v) is 1.70. The lowest BCUT2D eigenvalue weighted by Crippen LogP contribution is -2.43. The van der Waals surface area contributed by atoms with E-state index in [1.165, 1.54) is 0 Å². The van der Waals surface area contributed by atoms with E-state index in [2.05, 4.69) is 20.2 Å². The number of carbonyl (C=O) groups excluding carboxylic acids is 1. The molecule has 0 saturated heterocycles. The summed E-state index contributed by atoms with van der Waals surface area (Å²) in [7, 11) is 3.99. The number of likely N-dealkylation sites (N-methyl/N-ethyl adjacent to an activating group) is 1. The average Bonchev–Trinajstić information content (AvgIpc) is 2.39. The van der Waals surface area contributed by atoms with Gasteiger partial charge in [0.2, 0.25) is 0 Å². The lowest BCUT2D eigenvalue weighted by molar-refractivity contribution is 0.189. The number of amides is 2. The van der Waals surface area contributed by atoms with E-state index in [0.717, 1.165) is 18.8 Å². The molecule has 1 rings (SSSR count).